The zero-order valence-corrected chi connectivity index (χ0v) is 14.5. The van der Waals surface area contributed by atoms with Gasteiger partial charge in [0.15, 0.2) is 11.4 Å². The van der Waals surface area contributed by atoms with Crippen LogP contribution in [0.15, 0.2) is 42.6 Å². The molecule has 6 heteroatoms. The topological polar surface area (TPSA) is 54.9 Å². The molecule has 0 aliphatic heterocycles. The van der Waals surface area contributed by atoms with Crippen molar-refractivity contribution < 1.29 is 4.79 Å². The number of hydrogen-bond donors (Lipinski definition) is 1. The number of ketones is 1. The maximum atomic E-state index is 12.2. The van der Waals surface area contributed by atoms with Gasteiger partial charge in [-0.15, -0.1) is 0 Å². The summed E-state index contributed by atoms with van der Waals surface area (Å²) in [6.45, 7) is 2.17. The van der Waals surface area contributed by atoms with Crippen LogP contribution in [-0.2, 0) is 11.2 Å². The number of nitrogens with one attached hydrogen (secondary N) is 1. The molecule has 3 aromatic rings. The second kappa shape index (κ2) is 7.16. The lowest BCUT2D eigenvalue weighted by Crippen LogP contribution is -2.16. The van der Waals surface area contributed by atoms with Gasteiger partial charge in [0.25, 0.3) is 0 Å². The molecule has 1 N–H and O–H groups in total. The Morgan fingerprint density at radius 3 is 2.67 bits per heavy atom. The molecule has 0 bridgehead atoms. The van der Waals surface area contributed by atoms with Crippen molar-refractivity contribution in [1.29, 1.82) is 0 Å². The standard InChI is InChI=1S/C18H15Cl2N3O/c1-11-5-17(23-18-16(11)3-2-4-21-18)22-10-15(24)8-12-6-13(19)9-14(20)7-12/h2-7,9H,8,10H2,1H3,(H,21,22,23). The molecule has 0 unspecified atom stereocenters. The molecule has 24 heavy (non-hydrogen) atoms. The Labute approximate surface area is 149 Å². The highest BCUT2D eigenvalue weighted by atomic mass is 35.5. The first-order valence-electron chi connectivity index (χ1n) is 7.44. The van der Waals surface area contributed by atoms with Crippen LogP contribution in [-0.4, -0.2) is 22.3 Å². The van der Waals surface area contributed by atoms with Crippen LogP contribution in [0.3, 0.4) is 0 Å². The van der Waals surface area contributed by atoms with Crippen LogP contribution in [0.2, 0.25) is 10.0 Å². The quantitative estimate of drug-likeness (QED) is 0.730. The van der Waals surface area contributed by atoms with Crippen molar-refractivity contribution in [2.24, 2.45) is 0 Å². The molecule has 0 amide bonds. The van der Waals surface area contributed by atoms with E-state index < -0.39 is 0 Å². The van der Waals surface area contributed by atoms with E-state index in [0.29, 0.717) is 21.5 Å². The number of nitrogens with zero attached hydrogens (tertiary/aromatic N) is 2. The van der Waals surface area contributed by atoms with Crippen LogP contribution in [0.1, 0.15) is 11.1 Å². The normalized spacial score (nSPS) is 10.8. The van der Waals surface area contributed by atoms with Crippen molar-refractivity contribution in [1.82, 2.24) is 9.97 Å². The average Bonchev–Trinajstić information content (AvgIpc) is 2.52. The summed E-state index contributed by atoms with van der Waals surface area (Å²) in [5.74, 6) is 0.657. The number of benzene rings is 1. The SMILES string of the molecule is Cc1cc(NCC(=O)Cc2cc(Cl)cc(Cl)c2)nc2ncccc12. The maximum absolute atomic E-state index is 12.2. The number of halogens is 2. The number of anilines is 1. The number of aryl methyl sites for hydroxylation is 1. The number of fused-ring (bicyclic) bond motifs is 1. The van der Waals surface area contributed by atoms with Gasteiger partial charge in [-0.25, -0.2) is 9.97 Å². The minimum Gasteiger partial charge on any atom is -0.363 e. The van der Waals surface area contributed by atoms with Crippen LogP contribution in [0.4, 0.5) is 5.82 Å². The smallest absolute Gasteiger partial charge is 0.161 e. The molecule has 0 radical (unpaired) electrons. The Balaban J connectivity index is 1.68. The third kappa shape index (κ3) is 4.02. The lowest BCUT2D eigenvalue weighted by Gasteiger charge is -2.08. The Bertz CT molecular complexity index is 892. The van der Waals surface area contributed by atoms with E-state index >= 15 is 0 Å². The van der Waals surface area contributed by atoms with Crippen LogP contribution < -0.4 is 5.32 Å². The Hall–Kier alpha value is -2.17. The van der Waals surface area contributed by atoms with E-state index in [4.69, 9.17) is 23.2 Å². The third-order valence-corrected chi connectivity index (χ3v) is 4.02. The van der Waals surface area contributed by atoms with Crippen LogP contribution in [0, 0.1) is 6.92 Å². The fraction of sp³-hybridized carbons (Fsp3) is 0.167. The fourth-order valence-electron chi connectivity index (χ4n) is 2.51. The largest absolute Gasteiger partial charge is 0.363 e. The molecule has 0 fully saturated rings. The summed E-state index contributed by atoms with van der Waals surface area (Å²) in [5.41, 5.74) is 2.52. The fourth-order valence-corrected chi connectivity index (χ4v) is 3.08. The lowest BCUT2D eigenvalue weighted by molar-refractivity contribution is -0.116. The number of aromatic nitrogens is 2. The van der Waals surface area contributed by atoms with Gasteiger partial charge in [-0.05, 0) is 54.4 Å². The first-order chi connectivity index (χ1) is 11.5. The third-order valence-electron chi connectivity index (χ3n) is 3.58. The van der Waals surface area contributed by atoms with Gasteiger partial charge in [0, 0.05) is 28.0 Å². The molecule has 1 aromatic carbocycles. The monoisotopic (exact) mass is 359 g/mol. The van der Waals surface area contributed by atoms with Crippen molar-refractivity contribution in [3.05, 3.63) is 63.8 Å². The van der Waals surface area contributed by atoms with Crippen LogP contribution >= 0.6 is 23.2 Å². The molecule has 4 nitrogen and oxygen atoms in total. The molecule has 122 valence electrons. The van der Waals surface area contributed by atoms with Crippen molar-refractivity contribution in [2.75, 3.05) is 11.9 Å². The summed E-state index contributed by atoms with van der Waals surface area (Å²) in [7, 11) is 0. The molecular formula is C18H15Cl2N3O. The summed E-state index contributed by atoms with van der Waals surface area (Å²) in [5, 5.41) is 5.11. The minimum absolute atomic E-state index is 0.0221. The Morgan fingerprint density at radius 1 is 1.17 bits per heavy atom. The van der Waals surface area contributed by atoms with Crippen molar-refractivity contribution >= 4 is 45.8 Å². The Kier molecular flexibility index (Phi) is 4.97. The second-order valence-electron chi connectivity index (χ2n) is 5.55. The highest BCUT2D eigenvalue weighted by molar-refractivity contribution is 6.34. The summed E-state index contributed by atoms with van der Waals surface area (Å²) in [6, 6.07) is 10.9. The van der Waals surface area contributed by atoms with E-state index in [9.17, 15) is 4.79 Å². The molecule has 0 saturated carbocycles. The van der Waals surface area contributed by atoms with E-state index in [2.05, 4.69) is 15.3 Å². The molecule has 3 rings (SSSR count). The lowest BCUT2D eigenvalue weighted by atomic mass is 10.1. The number of rotatable bonds is 5. The first-order valence-corrected chi connectivity index (χ1v) is 8.20. The van der Waals surface area contributed by atoms with E-state index in [0.717, 1.165) is 16.5 Å². The number of pyridine rings is 2. The highest BCUT2D eigenvalue weighted by Crippen LogP contribution is 2.20. The molecule has 0 atom stereocenters. The first kappa shape index (κ1) is 16.7. The summed E-state index contributed by atoms with van der Waals surface area (Å²) in [6.07, 6.45) is 1.96. The van der Waals surface area contributed by atoms with E-state index in [1.807, 2.05) is 25.1 Å². The van der Waals surface area contributed by atoms with Gasteiger partial charge in [-0.2, -0.15) is 0 Å². The average molecular weight is 360 g/mol. The zero-order chi connectivity index (χ0) is 17.1. The molecule has 2 heterocycles. The maximum Gasteiger partial charge on any atom is 0.161 e. The Morgan fingerprint density at radius 2 is 1.92 bits per heavy atom. The van der Waals surface area contributed by atoms with Gasteiger partial charge in [-0.3, -0.25) is 4.79 Å². The number of hydrogen-bond acceptors (Lipinski definition) is 4. The van der Waals surface area contributed by atoms with Gasteiger partial charge < -0.3 is 5.32 Å². The number of Topliss-reactive ketones (excluding diaryl/α,β-unsaturated/α-hetero) is 1. The van der Waals surface area contributed by atoms with Crippen molar-refractivity contribution in [3.8, 4) is 0 Å². The zero-order valence-electron chi connectivity index (χ0n) is 13.0. The van der Waals surface area contributed by atoms with Gasteiger partial charge in [0.1, 0.15) is 5.82 Å². The van der Waals surface area contributed by atoms with Gasteiger partial charge >= 0.3 is 0 Å². The van der Waals surface area contributed by atoms with Crippen LogP contribution in [0.5, 0.6) is 0 Å². The van der Waals surface area contributed by atoms with E-state index in [-0.39, 0.29) is 18.7 Å². The van der Waals surface area contributed by atoms with Gasteiger partial charge in [0.05, 0.1) is 6.54 Å². The predicted octanol–water partition coefficient (Wildman–Crippen LogP) is 4.47. The van der Waals surface area contributed by atoms with Crippen molar-refractivity contribution in [2.45, 2.75) is 13.3 Å². The summed E-state index contributed by atoms with van der Waals surface area (Å²) < 4.78 is 0. The molecule has 2 aromatic heterocycles. The van der Waals surface area contributed by atoms with Crippen LogP contribution in [0.25, 0.3) is 11.0 Å². The minimum atomic E-state index is 0.0221. The summed E-state index contributed by atoms with van der Waals surface area (Å²) in [4.78, 5) is 20.8. The number of carbonyl (C=O) groups excluding carboxylic acids is 1. The highest BCUT2D eigenvalue weighted by Gasteiger charge is 2.08. The molecule has 0 aliphatic carbocycles. The van der Waals surface area contributed by atoms with Gasteiger partial charge in [0.2, 0.25) is 0 Å². The predicted molar refractivity (Wildman–Crippen MR) is 97.9 cm³/mol. The van der Waals surface area contributed by atoms with Crippen molar-refractivity contribution in [3.63, 3.8) is 0 Å². The van der Waals surface area contributed by atoms with E-state index in [1.54, 1.807) is 24.4 Å². The van der Waals surface area contributed by atoms with E-state index in [1.165, 1.54) is 0 Å². The summed E-state index contributed by atoms with van der Waals surface area (Å²) >= 11 is 11.9. The number of carbonyl (C=O) groups is 1. The van der Waals surface area contributed by atoms with Gasteiger partial charge in [-0.1, -0.05) is 23.2 Å². The molecule has 0 spiro atoms. The molecule has 0 aliphatic rings. The molecule has 0 saturated heterocycles. The molecular weight excluding hydrogens is 345 g/mol. The second-order valence-corrected chi connectivity index (χ2v) is 6.42.